The summed E-state index contributed by atoms with van der Waals surface area (Å²) in [5.41, 5.74) is 2.74. The van der Waals surface area contributed by atoms with E-state index in [9.17, 15) is 14.4 Å². The van der Waals surface area contributed by atoms with Crippen LogP contribution >= 0.6 is 0 Å². The molecule has 0 unspecified atom stereocenters. The molecule has 3 aromatic rings. The van der Waals surface area contributed by atoms with E-state index in [-0.39, 0.29) is 12.6 Å². The average molecular weight is 325 g/mol. The first-order valence-electron chi connectivity index (χ1n) is 7.27. The third-order valence-electron chi connectivity index (χ3n) is 3.57. The number of nitrogens with zero attached hydrogens (tertiary/aromatic N) is 1. The maximum atomic E-state index is 11.9. The minimum absolute atomic E-state index is 0.0911. The molecule has 2 aromatic heterocycles. The van der Waals surface area contributed by atoms with E-state index in [1.807, 2.05) is 12.1 Å². The van der Waals surface area contributed by atoms with Crippen LogP contribution in [0.3, 0.4) is 0 Å². The summed E-state index contributed by atoms with van der Waals surface area (Å²) >= 11 is 0. The molecule has 7 nitrogen and oxygen atoms in total. The fourth-order valence-corrected chi connectivity index (χ4v) is 2.38. The smallest absolute Gasteiger partial charge is 0.361 e. The van der Waals surface area contributed by atoms with Gasteiger partial charge in [0, 0.05) is 18.7 Å². The Morgan fingerprint density at radius 2 is 1.96 bits per heavy atom. The number of hydrogen-bond acceptors (Lipinski definition) is 4. The molecule has 2 heterocycles. The molecule has 1 amide bonds. The largest absolute Gasteiger partial charge is 0.365 e. The first-order chi connectivity index (χ1) is 11.6. The van der Waals surface area contributed by atoms with Crippen molar-refractivity contribution < 1.29 is 14.1 Å². The van der Waals surface area contributed by atoms with Crippen molar-refractivity contribution in [1.82, 2.24) is 15.0 Å². The Bertz CT molecular complexity index is 931. The van der Waals surface area contributed by atoms with Crippen LogP contribution in [-0.4, -0.2) is 21.9 Å². The molecule has 0 fully saturated rings. The molecule has 0 aliphatic rings. The number of aldehydes is 1. The highest BCUT2D eigenvalue weighted by molar-refractivity contribution is 5.86. The van der Waals surface area contributed by atoms with Gasteiger partial charge in [-0.05, 0) is 17.2 Å². The van der Waals surface area contributed by atoms with Gasteiger partial charge in [-0.2, -0.15) is 4.74 Å². The summed E-state index contributed by atoms with van der Waals surface area (Å²) in [5, 5.41) is 2.55. The van der Waals surface area contributed by atoms with Gasteiger partial charge in [-0.3, -0.25) is 9.59 Å². The standard InChI is InChI=1S/C17H15N3O4/c1-11(22)19-10-20-8-15(17(23)24-20)12-2-4-13(5-3-12)16-14(9-21)6-7-18-16/h2-9,18H,10H2,1H3,(H,19,22). The summed E-state index contributed by atoms with van der Waals surface area (Å²) in [4.78, 5) is 36.9. The summed E-state index contributed by atoms with van der Waals surface area (Å²) < 4.78 is 6.32. The fraction of sp³-hybridized carbons (Fsp3) is 0.118. The van der Waals surface area contributed by atoms with Crippen LogP contribution in [0, 0.1) is 0 Å². The minimum atomic E-state index is -0.485. The zero-order valence-corrected chi connectivity index (χ0v) is 12.9. The van der Waals surface area contributed by atoms with Crippen LogP contribution in [-0.2, 0) is 11.5 Å². The predicted molar refractivity (Wildman–Crippen MR) is 87.4 cm³/mol. The predicted octanol–water partition coefficient (Wildman–Crippen LogP) is 2.01. The van der Waals surface area contributed by atoms with Crippen LogP contribution in [0.25, 0.3) is 22.4 Å². The normalized spacial score (nSPS) is 10.5. The zero-order valence-electron chi connectivity index (χ0n) is 12.9. The molecule has 122 valence electrons. The van der Waals surface area contributed by atoms with Crippen molar-refractivity contribution in [3.05, 3.63) is 58.7 Å². The Morgan fingerprint density at radius 3 is 2.62 bits per heavy atom. The number of rotatable bonds is 5. The summed E-state index contributed by atoms with van der Waals surface area (Å²) in [6, 6.07) is 8.89. The van der Waals surface area contributed by atoms with Gasteiger partial charge in [-0.1, -0.05) is 24.3 Å². The van der Waals surface area contributed by atoms with E-state index in [2.05, 4.69) is 10.3 Å². The van der Waals surface area contributed by atoms with Crippen LogP contribution in [0.5, 0.6) is 0 Å². The molecule has 1 aromatic carbocycles. The molecule has 3 rings (SSSR count). The number of carbonyl (C=O) groups is 2. The van der Waals surface area contributed by atoms with E-state index in [4.69, 9.17) is 4.52 Å². The van der Waals surface area contributed by atoms with Crippen molar-refractivity contribution in [2.45, 2.75) is 13.6 Å². The molecule has 7 heteroatoms. The van der Waals surface area contributed by atoms with Gasteiger partial charge in [0.05, 0.1) is 17.5 Å². The van der Waals surface area contributed by atoms with Crippen LogP contribution < -0.4 is 10.9 Å². The quantitative estimate of drug-likeness (QED) is 0.701. The second-order valence-electron chi connectivity index (χ2n) is 5.23. The highest BCUT2D eigenvalue weighted by Crippen LogP contribution is 2.24. The molecule has 0 bridgehead atoms. The Balaban J connectivity index is 1.87. The SMILES string of the molecule is CC(=O)NCn1cc(-c2ccc(-c3[nH]ccc3C=O)cc2)c(=O)o1. The molecular weight excluding hydrogens is 310 g/mol. The Morgan fingerprint density at radius 1 is 1.25 bits per heavy atom. The number of H-pyrrole nitrogens is 1. The van der Waals surface area contributed by atoms with Gasteiger partial charge in [-0.25, -0.2) is 4.79 Å². The fourth-order valence-electron chi connectivity index (χ4n) is 2.38. The first kappa shape index (κ1) is 15.5. The Hall–Kier alpha value is -3.35. The van der Waals surface area contributed by atoms with E-state index < -0.39 is 5.63 Å². The summed E-state index contributed by atoms with van der Waals surface area (Å²) in [7, 11) is 0. The minimum Gasteiger partial charge on any atom is -0.361 e. The molecule has 0 aliphatic heterocycles. The lowest BCUT2D eigenvalue weighted by molar-refractivity contribution is -0.119. The maximum absolute atomic E-state index is 11.9. The lowest BCUT2D eigenvalue weighted by atomic mass is 10.0. The lowest BCUT2D eigenvalue weighted by Crippen LogP contribution is -2.22. The van der Waals surface area contributed by atoms with Crippen LogP contribution in [0.15, 0.2) is 52.0 Å². The van der Waals surface area contributed by atoms with E-state index in [1.165, 1.54) is 11.7 Å². The van der Waals surface area contributed by atoms with Gasteiger partial charge in [0.2, 0.25) is 5.91 Å². The molecule has 0 aliphatic carbocycles. The molecule has 2 N–H and O–H groups in total. The maximum Gasteiger partial charge on any atom is 0.365 e. The monoisotopic (exact) mass is 325 g/mol. The van der Waals surface area contributed by atoms with Crippen LogP contribution in [0.4, 0.5) is 0 Å². The molecule has 0 saturated carbocycles. The number of hydrogen-bond donors (Lipinski definition) is 2. The van der Waals surface area contributed by atoms with Crippen molar-refractivity contribution in [2.75, 3.05) is 0 Å². The van der Waals surface area contributed by atoms with Gasteiger partial charge in [0.1, 0.15) is 6.67 Å². The van der Waals surface area contributed by atoms with E-state index in [0.717, 1.165) is 17.5 Å². The van der Waals surface area contributed by atoms with Crippen molar-refractivity contribution in [3.8, 4) is 22.4 Å². The summed E-state index contributed by atoms with van der Waals surface area (Å²) in [6.07, 6.45) is 4.03. The number of benzene rings is 1. The molecular formula is C17H15N3O4. The number of aromatic amines is 1. The van der Waals surface area contributed by atoms with Crippen LogP contribution in [0.1, 0.15) is 17.3 Å². The van der Waals surface area contributed by atoms with Gasteiger partial charge in [0.15, 0.2) is 6.29 Å². The van der Waals surface area contributed by atoms with E-state index in [0.29, 0.717) is 16.7 Å². The summed E-state index contributed by atoms with van der Waals surface area (Å²) in [6.45, 7) is 1.48. The lowest BCUT2D eigenvalue weighted by Gasteiger charge is -2.02. The Labute approximate surface area is 136 Å². The average Bonchev–Trinajstić information content (AvgIpc) is 3.19. The zero-order chi connectivity index (χ0) is 17.1. The van der Waals surface area contributed by atoms with Gasteiger partial charge < -0.3 is 14.8 Å². The number of nitrogens with one attached hydrogen (secondary N) is 2. The first-order valence-corrected chi connectivity index (χ1v) is 7.27. The number of aromatic nitrogens is 2. The van der Waals surface area contributed by atoms with E-state index in [1.54, 1.807) is 30.6 Å². The number of carbonyl (C=O) groups excluding carboxylic acids is 2. The van der Waals surface area contributed by atoms with Gasteiger partial charge in [0.25, 0.3) is 0 Å². The molecule has 0 spiro atoms. The third kappa shape index (κ3) is 3.05. The van der Waals surface area contributed by atoms with Crippen molar-refractivity contribution in [3.63, 3.8) is 0 Å². The van der Waals surface area contributed by atoms with E-state index >= 15 is 0 Å². The van der Waals surface area contributed by atoms with Crippen LogP contribution in [0.2, 0.25) is 0 Å². The molecule has 0 saturated heterocycles. The topological polar surface area (TPSA) is 97.1 Å². The summed E-state index contributed by atoms with van der Waals surface area (Å²) in [5.74, 6) is -0.214. The second kappa shape index (κ2) is 6.41. The highest BCUT2D eigenvalue weighted by atomic mass is 16.5. The Kier molecular flexibility index (Phi) is 4.15. The number of amides is 1. The molecule has 0 radical (unpaired) electrons. The van der Waals surface area contributed by atoms with Crippen molar-refractivity contribution in [2.24, 2.45) is 0 Å². The second-order valence-corrected chi connectivity index (χ2v) is 5.23. The molecule has 0 atom stereocenters. The molecule has 24 heavy (non-hydrogen) atoms. The van der Waals surface area contributed by atoms with Gasteiger partial charge in [-0.15, -0.1) is 0 Å². The van der Waals surface area contributed by atoms with Gasteiger partial charge >= 0.3 is 5.63 Å². The van der Waals surface area contributed by atoms with Crippen molar-refractivity contribution in [1.29, 1.82) is 0 Å². The van der Waals surface area contributed by atoms with Crippen molar-refractivity contribution >= 4 is 12.2 Å². The third-order valence-corrected chi connectivity index (χ3v) is 3.57. The highest BCUT2D eigenvalue weighted by Gasteiger charge is 2.11.